The van der Waals surface area contributed by atoms with Gasteiger partial charge in [-0.05, 0) is 29.8 Å². The Morgan fingerprint density at radius 2 is 1.83 bits per heavy atom. The number of nitrogens with zero attached hydrogens (tertiary/aromatic N) is 5. The van der Waals surface area contributed by atoms with Gasteiger partial charge in [-0.3, -0.25) is 9.20 Å². The monoisotopic (exact) mass is 400 g/mol. The molecule has 4 rings (SSSR count). The normalized spacial score (nSPS) is 11.1. The summed E-state index contributed by atoms with van der Waals surface area (Å²) < 4.78 is 1.50. The molecule has 30 heavy (non-hydrogen) atoms. The highest BCUT2D eigenvalue weighted by molar-refractivity contribution is 5.80. The molecule has 1 N–H and O–H groups in total. The van der Waals surface area contributed by atoms with Crippen molar-refractivity contribution in [2.24, 2.45) is 5.10 Å². The van der Waals surface area contributed by atoms with Gasteiger partial charge in [-0.1, -0.05) is 42.5 Å². The number of hydrogen-bond acceptors (Lipinski definition) is 4. The summed E-state index contributed by atoms with van der Waals surface area (Å²) in [7, 11) is 1.90. The molecule has 0 aliphatic rings. The zero-order chi connectivity index (χ0) is 20.9. The number of fused-ring (bicyclic) bond motifs is 1. The Kier molecular flexibility index (Phi) is 5.38. The van der Waals surface area contributed by atoms with Gasteiger partial charge in [-0.15, -0.1) is 0 Å². The van der Waals surface area contributed by atoms with Gasteiger partial charge in [0.25, 0.3) is 0 Å². The van der Waals surface area contributed by atoms with Crippen molar-refractivity contribution in [1.29, 1.82) is 0 Å². The van der Waals surface area contributed by atoms with E-state index < -0.39 is 0 Å². The van der Waals surface area contributed by atoms with Gasteiger partial charge in [0, 0.05) is 25.4 Å². The number of H-pyrrole nitrogens is 1. The topological polar surface area (TPSA) is 86.1 Å². The summed E-state index contributed by atoms with van der Waals surface area (Å²) in [4.78, 5) is 25.3. The van der Waals surface area contributed by atoms with Gasteiger partial charge in [-0.25, -0.2) is 14.9 Å². The molecule has 0 atom stereocenters. The van der Waals surface area contributed by atoms with E-state index in [1.807, 2.05) is 60.5 Å². The molecule has 8 heteroatoms. The molecule has 8 nitrogen and oxygen atoms in total. The van der Waals surface area contributed by atoms with E-state index in [1.165, 1.54) is 9.41 Å². The number of nitrogens with one attached hydrogen (secondary N) is 1. The van der Waals surface area contributed by atoms with E-state index in [9.17, 15) is 9.59 Å². The highest BCUT2D eigenvalue weighted by Crippen LogP contribution is 2.24. The quantitative estimate of drug-likeness (QED) is 0.224. The lowest BCUT2D eigenvalue weighted by Crippen LogP contribution is -2.20. The number of carbonyl (C=O) groups excluding carboxylic acids is 1. The Balaban J connectivity index is 1.52. The number of anilines is 1. The third kappa shape index (κ3) is 3.97. The fourth-order valence-electron chi connectivity index (χ4n) is 3.16. The van der Waals surface area contributed by atoms with E-state index in [0.29, 0.717) is 29.9 Å². The number of rotatable bonds is 7. The van der Waals surface area contributed by atoms with E-state index in [-0.39, 0.29) is 5.69 Å². The zero-order valence-corrected chi connectivity index (χ0v) is 16.3. The van der Waals surface area contributed by atoms with Crippen molar-refractivity contribution < 1.29 is 4.79 Å². The minimum Gasteiger partial charge on any atom is -0.360 e. The molecule has 0 saturated carbocycles. The van der Waals surface area contributed by atoms with Crippen molar-refractivity contribution in [1.82, 2.24) is 19.5 Å². The molecule has 2 aromatic heterocycles. The highest BCUT2D eigenvalue weighted by atomic mass is 16.1. The first kappa shape index (κ1) is 19.1. The number of aromatic amines is 1. The minimum atomic E-state index is -0.295. The first-order chi connectivity index (χ1) is 14.7. The second-order valence-corrected chi connectivity index (χ2v) is 6.77. The largest absolute Gasteiger partial charge is 0.360 e. The van der Waals surface area contributed by atoms with Gasteiger partial charge < -0.3 is 4.90 Å². The molecule has 0 fully saturated rings. The summed E-state index contributed by atoms with van der Waals surface area (Å²) in [5.74, 6) is 0. The van der Waals surface area contributed by atoms with E-state index >= 15 is 0 Å². The van der Waals surface area contributed by atoms with Gasteiger partial charge in [0.05, 0.1) is 11.2 Å². The van der Waals surface area contributed by atoms with Crippen LogP contribution in [0, 0.1) is 0 Å². The lowest BCUT2D eigenvalue weighted by atomic mass is 10.1. The van der Waals surface area contributed by atoms with Crippen LogP contribution in [0.25, 0.3) is 16.8 Å². The maximum absolute atomic E-state index is 11.8. The molecule has 150 valence electrons. The molecular weight excluding hydrogens is 380 g/mol. The van der Waals surface area contributed by atoms with E-state index in [4.69, 9.17) is 0 Å². The second-order valence-electron chi connectivity index (χ2n) is 6.77. The van der Waals surface area contributed by atoms with Crippen LogP contribution in [0.3, 0.4) is 0 Å². The molecule has 0 unspecified atom stereocenters. The van der Waals surface area contributed by atoms with Crippen molar-refractivity contribution >= 4 is 24.0 Å². The van der Waals surface area contributed by atoms with Crippen LogP contribution in [-0.2, 0) is 11.3 Å². The van der Waals surface area contributed by atoms with E-state index in [2.05, 4.69) is 15.3 Å². The molecule has 0 saturated heterocycles. The molecule has 0 bridgehead atoms. The van der Waals surface area contributed by atoms with Crippen molar-refractivity contribution in [3.8, 4) is 11.3 Å². The fraction of sp³-hybridized carbons (Fsp3) is 0.0909. The summed E-state index contributed by atoms with van der Waals surface area (Å²) in [6, 6.07) is 20.9. The van der Waals surface area contributed by atoms with Crippen molar-refractivity contribution in [2.45, 2.75) is 6.54 Å². The molecule has 0 aliphatic heterocycles. The van der Waals surface area contributed by atoms with Crippen LogP contribution in [0.4, 0.5) is 5.69 Å². The van der Waals surface area contributed by atoms with Crippen LogP contribution >= 0.6 is 0 Å². The van der Waals surface area contributed by atoms with Crippen LogP contribution in [0.15, 0.2) is 82.8 Å². The molecule has 4 aromatic rings. The molecule has 0 spiro atoms. The Morgan fingerprint density at radius 1 is 1.07 bits per heavy atom. The average molecular weight is 400 g/mol. The summed E-state index contributed by atoms with van der Waals surface area (Å²) in [6.45, 7) is 0.682. The minimum absolute atomic E-state index is 0.295. The fourth-order valence-corrected chi connectivity index (χ4v) is 3.16. The van der Waals surface area contributed by atoms with Crippen LogP contribution in [0.2, 0.25) is 0 Å². The number of hydrazone groups is 1. The summed E-state index contributed by atoms with van der Waals surface area (Å²) >= 11 is 0. The molecule has 0 aliphatic carbocycles. The molecular formula is C22H20N6O2. The van der Waals surface area contributed by atoms with Gasteiger partial charge in [-0.2, -0.15) is 10.2 Å². The van der Waals surface area contributed by atoms with E-state index in [0.717, 1.165) is 11.1 Å². The lowest BCUT2D eigenvalue weighted by Gasteiger charge is -2.16. The van der Waals surface area contributed by atoms with Crippen LogP contribution in [-0.4, -0.2) is 39.3 Å². The van der Waals surface area contributed by atoms with Crippen molar-refractivity contribution in [2.75, 3.05) is 12.1 Å². The maximum atomic E-state index is 11.8. The Bertz CT molecular complexity index is 1230. The summed E-state index contributed by atoms with van der Waals surface area (Å²) in [5, 5.41) is 12.2. The van der Waals surface area contributed by atoms with Crippen LogP contribution in [0.1, 0.15) is 5.56 Å². The van der Waals surface area contributed by atoms with Crippen molar-refractivity contribution in [3.63, 3.8) is 0 Å². The zero-order valence-electron chi connectivity index (χ0n) is 16.3. The number of amides is 1. The Morgan fingerprint density at radius 3 is 2.57 bits per heavy atom. The third-order valence-corrected chi connectivity index (χ3v) is 4.63. The molecule has 2 heterocycles. The van der Waals surface area contributed by atoms with Crippen molar-refractivity contribution in [3.05, 3.63) is 89.0 Å². The van der Waals surface area contributed by atoms with Gasteiger partial charge in [0.1, 0.15) is 12.0 Å². The smallest absolute Gasteiger partial charge is 0.346 e. The maximum Gasteiger partial charge on any atom is 0.346 e. The predicted octanol–water partition coefficient (Wildman–Crippen LogP) is 2.73. The standard InChI is InChI=1S/C22H20N6O2/c1-26(14-17-6-3-2-4-7-17)15-23-28(16-29)19-11-9-18(10-12-19)21-20-8-5-13-27(20)22(30)25-24-21/h2-13,15-16H,14H2,1H3,(H,25,30)/b23-15-. The average Bonchev–Trinajstić information content (AvgIpc) is 3.27. The summed E-state index contributed by atoms with van der Waals surface area (Å²) in [6.07, 6.45) is 3.96. The predicted molar refractivity (Wildman–Crippen MR) is 116 cm³/mol. The summed E-state index contributed by atoms with van der Waals surface area (Å²) in [5.41, 5.74) is 3.65. The Labute approximate surface area is 172 Å². The number of carbonyl (C=O) groups is 1. The van der Waals surface area contributed by atoms with Gasteiger partial charge in [0.15, 0.2) is 0 Å². The van der Waals surface area contributed by atoms with Crippen LogP contribution < -0.4 is 10.7 Å². The van der Waals surface area contributed by atoms with Crippen LogP contribution in [0.5, 0.6) is 0 Å². The number of benzene rings is 2. The first-order valence-corrected chi connectivity index (χ1v) is 9.35. The van der Waals surface area contributed by atoms with Gasteiger partial charge >= 0.3 is 5.69 Å². The Hall–Kier alpha value is -4.20. The highest BCUT2D eigenvalue weighted by Gasteiger charge is 2.10. The first-order valence-electron chi connectivity index (χ1n) is 9.35. The molecule has 1 amide bonds. The second kappa shape index (κ2) is 8.44. The third-order valence-electron chi connectivity index (χ3n) is 4.63. The molecule has 0 radical (unpaired) electrons. The number of aromatic nitrogens is 3. The SMILES string of the molecule is CN(/C=N\N(C=O)c1ccc(-c2n[nH]c(=O)n3cccc23)cc1)Cc1ccccc1. The molecule has 2 aromatic carbocycles. The van der Waals surface area contributed by atoms with E-state index in [1.54, 1.807) is 30.7 Å². The number of hydrogen-bond donors (Lipinski definition) is 1. The lowest BCUT2D eigenvalue weighted by molar-refractivity contribution is -0.107. The van der Waals surface area contributed by atoms with Gasteiger partial charge in [0.2, 0.25) is 6.41 Å².